The molecule has 1 N–H and O–H groups in total. The number of methoxy groups -OCH3 is 1. The maximum absolute atomic E-state index is 9.15. The zero-order chi connectivity index (χ0) is 12.3. The first-order chi connectivity index (χ1) is 7.40. The lowest BCUT2D eigenvalue weighted by molar-refractivity contribution is 0.0146. The van der Waals surface area contributed by atoms with Crippen LogP contribution >= 0.6 is 15.9 Å². The molecule has 0 bridgehead atoms. The van der Waals surface area contributed by atoms with Gasteiger partial charge in [-0.2, -0.15) is 0 Å². The largest absolute Gasteiger partial charge is 0.392 e. The lowest BCUT2D eigenvalue weighted by Crippen LogP contribution is -2.20. The maximum atomic E-state index is 9.15. The second-order valence-electron chi connectivity index (χ2n) is 5.00. The molecule has 16 heavy (non-hydrogen) atoms. The highest BCUT2D eigenvalue weighted by molar-refractivity contribution is 9.10. The van der Waals surface area contributed by atoms with Gasteiger partial charge < -0.3 is 9.84 Å². The summed E-state index contributed by atoms with van der Waals surface area (Å²) in [6.45, 7) is 6.47. The summed E-state index contributed by atoms with van der Waals surface area (Å²) < 4.78 is 6.59. The van der Waals surface area contributed by atoms with Gasteiger partial charge in [-0.15, -0.1) is 0 Å². The average molecular weight is 287 g/mol. The zero-order valence-corrected chi connectivity index (χ0v) is 11.8. The molecule has 0 aliphatic heterocycles. The summed E-state index contributed by atoms with van der Waals surface area (Å²) in [5.74, 6) is 0. The van der Waals surface area contributed by atoms with E-state index in [1.807, 2.05) is 18.2 Å². The van der Waals surface area contributed by atoms with Crippen molar-refractivity contribution in [1.82, 2.24) is 0 Å². The number of hydrogen-bond donors (Lipinski definition) is 1. The molecule has 0 unspecified atom stereocenters. The van der Waals surface area contributed by atoms with E-state index in [9.17, 15) is 0 Å². The molecular formula is C13H19BrO2. The molecule has 1 atom stereocenters. The van der Waals surface area contributed by atoms with Crippen molar-refractivity contribution in [3.05, 3.63) is 33.8 Å². The molecule has 0 heterocycles. The van der Waals surface area contributed by atoms with E-state index in [1.165, 1.54) is 0 Å². The Hall–Kier alpha value is -0.380. The van der Waals surface area contributed by atoms with Crippen LogP contribution in [0.25, 0.3) is 0 Å². The molecule has 0 saturated heterocycles. The minimum atomic E-state index is 0.00775. The third-order valence-corrected chi connectivity index (χ3v) is 3.27. The van der Waals surface area contributed by atoms with E-state index in [1.54, 1.807) is 7.11 Å². The van der Waals surface area contributed by atoms with Gasteiger partial charge >= 0.3 is 0 Å². The van der Waals surface area contributed by atoms with Gasteiger partial charge in [0.05, 0.1) is 12.7 Å². The Labute approximate surface area is 106 Å². The number of ether oxygens (including phenoxy) is 1. The molecule has 0 saturated carbocycles. The fourth-order valence-electron chi connectivity index (χ4n) is 1.84. The van der Waals surface area contributed by atoms with Crippen LogP contribution in [-0.4, -0.2) is 12.2 Å². The highest BCUT2D eigenvalue weighted by Gasteiger charge is 2.27. The summed E-state index contributed by atoms with van der Waals surface area (Å²) >= 11 is 3.53. The van der Waals surface area contributed by atoms with E-state index in [0.717, 1.165) is 15.6 Å². The Bertz CT molecular complexity index is 355. The van der Waals surface area contributed by atoms with Gasteiger partial charge in [-0.3, -0.25) is 0 Å². The first-order valence-electron chi connectivity index (χ1n) is 5.32. The lowest BCUT2D eigenvalue weighted by atomic mass is 9.84. The van der Waals surface area contributed by atoms with Gasteiger partial charge in [-0.05, 0) is 28.7 Å². The fourth-order valence-corrected chi connectivity index (χ4v) is 2.29. The third-order valence-electron chi connectivity index (χ3n) is 2.55. The maximum Gasteiger partial charge on any atom is 0.0880 e. The molecule has 2 nitrogen and oxygen atoms in total. The van der Waals surface area contributed by atoms with Gasteiger partial charge in [-0.25, -0.2) is 0 Å². The minimum absolute atomic E-state index is 0.00775. The average Bonchev–Trinajstić information content (AvgIpc) is 2.20. The van der Waals surface area contributed by atoms with Crippen molar-refractivity contribution >= 4 is 15.9 Å². The van der Waals surface area contributed by atoms with Crippen molar-refractivity contribution in [2.24, 2.45) is 5.41 Å². The molecular weight excluding hydrogens is 268 g/mol. The van der Waals surface area contributed by atoms with Crippen LogP contribution in [-0.2, 0) is 11.3 Å². The Kier molecular flexibility index (Phi) is 4.53. The standard InChI is InChI=1S/C13H19BrO2/c1-13(2,3)12(16-4)10-7-9(8-15)5-6-11(10)14/h5-7,12,15H,8H2,1-4H3/t12-/m0/s1. The topological polar surface area (TPSA) is 29.5 Å². The molecule has 0 aromatic heterocycles. The predicted octanol–water partition coefficient (Wildman–Crippen LogP) is 3.68. The zero-order valence-electron chi connectivity index (χ0n) is 10.2. The molecule has 0 radical (unpaired) electrons. The second-order valence-corrected chi connectivity index (χ2v) is 5.85. The van der Waals surface area contributed by atoms with Crippen LogP contribution in [0.3, 0.4) is 0 Å². The van der Waals surface area contributed by atoms with Gasteiger partial charge in [0.25, 0.3) is 0 Å². The van der Waals surface area contributed by atoms with Crippen molar-refractivity contribution in [2.75, 3.05) is 7.11 Å². The van der Waals surface area contributed by atoms with Crippen LogP contribution in [0.5, 0.6) is 0 Å². The lowest BCUT2D eigenvalue weighted by Gasteiger charge is -2.30. The first kappa shape index (κ1) is 13.7. The van der Waals surface area contributed by atoms with Crippen molar-refractivity contribution in [2.45, 2.75) is 33.5 Å². The van der Waals surface area contributed by atoms with E-state index in [4.69, 9.17) is 9.84 Å². The van der Waals surface area contributed by atoms with Crippen LogP contribution < -0.4 is 0 Å². The first-order valence-corrected chi connectivity index (χ1v) is 6.11. The molecule has 0 fully saturated rings. The van der Waals surface area contributed by atoms with Crippen molar-refractivity contribution < 1.29 is 9.84 Å². The molecule has 0 aliphatic carbocycles. The van der Waals surface area contributed by atoms with E-state index < -0.39 is 0 Å². The van der Waals surface area contributed by atoms with Gasteiger partial charge in [0.2, 0.25) is 0 Å². The number of rotatable bonds is 3. The normalized spacial score (nSPS) is 13.9. The molecule has 0 amide bonds. The summed E-state index contributed by atoms with van der Waals surface area (Å²) in [5.41, 5.74) is 2.01. The van der Waals surface area contributed by atoms with E-state index >= 15 is 0 Å². The molecule has 1 rings (SSSR count). The quantitative estimate of drug-likeness (QED) is 0.919. The number of halogens is 1. The number of aliphatic hydroxyl groups excluding tert-OH is 1. The van der Waals surface area contributed by atoms with E-state index in [-0.39, 0.29) is 18.1 Å². The summed E-state index contributed by atoms with van der Waals surface area (Å²) in [4.78, 5) is 0. The SMILES string of the molecule is CO[C@@H](c1cc(CO)ccc1Br)C(C)(C)C. The monoisotopic (exact) mass is 286 g/mol. The van der Waals surface area contributed by atoms with Crippen LogP contribution in [0, 0.1) is 5.41 Å². The number of hydrogen-bond acceptors (Lipinski definition) is 2. The van der Waals surface area contributed by atoms with Crippen LogP contribution in [0.1, 0.15) is 38.0 Å². The van der Waals surface area contributed by atoms with Crippen LogP contribution in [0.15, 0.2) is 22.7 Å². The molecule has 3 heteroatoms. The molecule has 1 aromatic carbocycles. The number of aliphatic hydroxyl groups is 1. The molecule has 90 valence electrons. The smallest absolute Gasteiger partial charge is 0.0880 e. The van der Waals surface area contributed by atoms with Crippen molar-refractivity contribution in [1.29, 1.82) is 0 Å². The van der Waals surface area contributed by atoms with Gasteiger partial charge in [-0.1, -0.05) is 42.8 Å². The van der Waals surface area contributed by atoms with Crippen LogP contribution in [0.4, 0.5) is 0 Å². The Morgan fingerprint density at radius 1 is 1.38 bits per heavy atom. The second kappa shape index (κ2) is 5.30. The molecule has 1 aromatic rings. The highest BCUT2D eigenvalue weighted by atomic mass is 79.9. The summed E-state index contributed by atoms with van der Waals surface area (Å²) in [6, 6.07) is 5.85. The minimum Gasteiger partial charge on any atom is -0.392 e. The van der Waals surface area contributed by atoms with Gasteiger partial charge in [0.15, 0.2) is 0 Å². The fraction of sp³-hybridized carbons (Fsp3) is 0.538. The van der Waals surface area contributed by atoms with Crippen LogP contribution in [0.2, 0.25) is 0 Å². The third kappa shape index (κ3) is 3.06. The van der Waals surface area contributed by atoms with Crippen molar-refractivity contribution in [3.8, 4) is 0 Å². The molecule has 0 aliphatic rings. The number of benzene rings is 1. The predicted molar refractivity (Wildman–Crippen MR) is 69.3 cm³/mol. The van der Waals surface area contributed by atoms with Gasteiger partial charge in [0, 0.05) is 11.6 Å². The van der Waals surface area contributed by atoms with E-state index in [0.29, 0.717) is 0 Å². The Morgan fingerprint density at radius 2 is 2.00 bits per heavy atom. The Balaban J connectivity index is 3.18. The summed E-state index contributed by atoms with van der Waals surface area (Å²) in [5, 5.41) is 9.15. The van der Waals surface area contributed by atoms with Crippen molar-refractivity contribution in [3.63, 3.8) is 0 Å². The van der Waals surface area contributed by atoms with Gasteiger partial charge in [0.1, 0.15) is 0 Å². The summed E-state index contributed by atoms with van der Waals surface area (Å²) in [7, 11) is 1.72. The van der Waals surface area contributed by atoms with E-state index in [2.05, 4.69) is 36.7 Å². The molecule has 0 spiro atoms. The highest BCUT2D eigenvalue weighted by Crippen LogP contribution is 2.39. The summed E-state index contributed by atoms with van der Waals surface area (Å²) in [6.07, 6.45) is 0.00775. The Morgan fingerprint density at radius 3 is 2.44 bits per heavy atom.